The van der Waals surface area contributed by atoms with E-state index in [2.05, 4.69) is 10.2 Å². The summed E-state index contributed by atoms with van der Waals surface area (Å²) in [5, 5.41) is 8.72. The molecule has 3 rings (SSSR count). The Bertz CT molecular complexity index is 741. The summed E-state index contributed by atoms with van der Waals surface area (Å²) >= 11 is 12.3. The molecule has 1 fully saturated rings. The topological polar surface area (TPSA) is 73.8 Å². The molecule has 0 spiro atoms. The minimum absolute atomic E-state index is 0.117. The number of ether oxygens (including phenoxy) is 3. The monoisotopic (exact) mass is 383 g/mol. The summed E-state index contributed by atoms with van der Waals surface area (Å²) in [4.78, 5) is 13.6. The molecule has 7 nitrogen and oxygen atoms in total. The number of rotatable bonds is 3. The van der Waals surface area contributed by atoms with E-state index in [1.807, 2.05) is 0 Å². The summed E-state index contributed by atoms with van der Waals surface area (Å²) < 4.78 is 15.5. The Kier molecular flexibility index (Phi) is 5.57. The molecule has 1 aliphatic heterocycles. The van der Waals surface area contributed by atoms with Gasteiger partial charge >= 0.3 is 6.09 Å². The van der Waals surface area contributed by atoms with Crippen LogP contribution >= 0.6 is 23.2 Å². The number of methoxy groups -OCH3 is 1. The fourth-order valence-corrected chi connectivity index (χ4v) is 2.97. The highest BCUT2D eigenvalue weighted by Crippen LogP contribution is 2.36. The number of amides is 1. The molecule has 0 radical (unpaired) electrons. The van der Waals surface area contributed by atoms with Crippen LogP contribution in [0.15, 0.2) is 24.3 Å². The molecule has 2 aromatic rings. The van der Waals surface area contributed by atoms with E-state index in [1.165, 1.54) is 7.11 Å². The standard InChI is InChI=1S/C16H15Cl2N3O4/c1-23-15-11(17)8-10(9-12(15)18)13-2-3-14(20-19-13)25-16(22)21-4-6-24-7-5-21/h2-3,8-9H,4-7H2,1H3. The lowest BCUT2D eigenvalue weighted by molar-refractivity contribution is 0.0411. The lowest BCUT2D eigenvalue weighted by Crippen LogP contribution is -2.42. The van der Waals surface area contributed by atoms with Crippen LogP contribution in [0.1, 0.15) is 0 Å². The van der Waals surface area contributed by atoms with Gasteiger partial charge in [-0.05, 0) is 18.2 Å². The van der Waals surface area contributed by atoms with Gasteiger partial charge in [-0.1, -0.05) is 23.2 Å². The lowest BCUT2D eigenvalue weighted by Gasteiger charge is -2.25. The van der Waals surface area contributed by atoms with Crippen molar-refractivity contribution in [2.45, 2.75) is 0 Å². The third-order valence-corrected chi connectivity index (χ3v) is 4.16. The predicted molar refractivity (Wildman–Crippen MR) is 92.5 cm³/mol. The van der Waals surface area contributed by atoms with Crippen molar-refractivity contribution in [3.05, 3.63) is 34.3 Å². The number of carbonyl (C=O) groups is 1. The Hall–Kier alpha value is -2.09. The molecular weight excluding hydrogens is 369 g/mol. The zero-order chi connectivity index (χ0) is 17.8. The van der Waals surface area contributed by atoms with Gasteiger partial charge in [0.15, 0.2) is 5.75 Å². The van der Waals surface area contributed by atoms with Crippen LogP contribution in [0, 0.1) is 0 Å². The van der Waals surface area contributed by atoms with E-state index in [-0.39, 0.29) is 5.88 Å². The normalized spacial score (nSPS) is 14.3. The maximum atomic E-state index is 12.0. The van der Waals surface area contributed by atoms with Crippen LogP contribution in [0.4, 0.5) is 4.79 Å². The summed E-state index contributed by atoms with van der Waals surface area (Å²) in [5.41, 5.74) is 1.21. The summed E-state index contributed by atoms with van der Waals surface area (Å²) in [6, 6.07) is 6.58. The van der Waals surface area contributed by atoms with Crippen LogP contribution in [0.25, 0.3) is 11.3 Å². The molecule has 2 heterocycles. The van der Waals surface area contributed by atoms with Crippen molar-refractivity contribution in [1.82, 2.24) is 15.1 Å². The Labute approximate surface area is 154 Å². The van der Waals surface area contributed by atoms with E-state index in [0.717, 1.165) is 0 Å². The summed E-state index contributed by atoms with van der Waals surface area (Å²) in [6.45, 7) is 1.98. The van der Waals surface area contributed by atoms with Crippen molar-refractivity contribution >= 4 is 29.3 Å². The van der Waals surface area contributed by atoms with Crippen molar-refractivity contribution in [3.63, 3.8) is 0 Å². The fourth-order valence-electron chi connectivity index (χ4n) is 2.33. The average molecular weight is 384 g/mol. The number of hydrogen-bond acceptors (Lipinski definition) is 6. The van der Waals surface area contributed by atoms with Gasteiger partial charge in [-0.3, -0.25) is 0 Å². The van der Waals surface area contributed by atoms with Gasteiger partial charge in [0, 0.05) is 24.7 Å². The highest BCUT2D eigenvalue weighted by molar-refractivity contribution is 6.37. The molecular formula is C16H15Cl2N3O4. The van der Waals surface area contributed by atoms with Gasteiger partial charge in [0.2, 0.25) is 5.88 Å². The highest BCUT2D eigenvalue weighted by atomic mass is 35.5. The molecule has 25 heavy (non-hydrogen) atoms. The van der Waals surface area contributed by atoms with E-state index in [1.54, 1.807) is 29.2 Å². The number of morpholine rings is 1. The second kappa shape index (κ2) is 7.86. The fraction of sp³-hybridized carbons (Fsp3) is 0.312. The SMILES string of the molecule is COc1c(Cl)cc(-c2ccc(OC(=O)N3CCOCC3)nn2)cc1Cl. The summed E-state index contributed by atoms with van der Waals surface area (Å²) in [6.07, 6.45) is -0.471. The molecule has 132 valence electrons. The third-order valence-electron chi connectivity index (χ3n) is 3.60. The Morgan fingerprint density at radius 2 is 1.84 bits per heavy atom. The number of benzene rings is 1. The molecule has 0 atom stereocenters. The maximum Gasteiger partial charge on any atom is 0.416 e. The smallest absolute Gasteiger partial charge is 0.416 e. The number of aromatic nitrogens is 2. The van der Waals surface area contributed by atoms with Gasteiger partial charge in [-0.2, -0.15) is 0 Å². The van der Waals surface area contributed by atoms with Crippen LogP contribution in [0.3, 0.4) is 0 Å². The number of halogens is 2. The number of carbonyl (C=O) groups excluding carboxylic acids is 1. The van der Waals surface area contributed by atoms with Gasteiger partial charge < -0.3 is 19.1 Å². The van der Waals surface area contributed by atoms with Crippen LogP contribution in [0.5, 0.6) is 11.6 Å². The molecule has 1 saturated heterocycles. The summed E-state index contributed by atoms with van der Waals surface area (Å²) in [7, 11) is 1.49. The predicted octanol–water partition coefficient (Wildman–Crippen LogP) is 3.29. The minimum atomic E-state index is -0.471. The average Bonchev–Trinajstić information content (AvgIpc) is 2.63. The molecule has 0 unspecified atom stereocenters. The first-order valence-electron chi connectivity index (χ1n) is 7.50. The van der Waals surface area contributed by atoms with E-state index < -0.39 is 6.09 Å². The Morgan fingerprint density at radius 1 is 1.16 bits per heavy atom. The second-order valence-corrected chi connectivity index (χ2v) is 6.01. The summed E-state index contributed by atoms with van der Waals surface area (Å²) in [5.74, 6) is 0.516. The minimum Gasteiger partial charge on any atom is -0.494 e. The zero-order valence-corrected chi connectivity index (χ0v) is 14.9. The molecule has 0 bridgehead atoms. The first-order valence-corrected chi connectivity index (χ1v) is 8.25. The van der Waals surface area contributed by atoms with E-state index in [4.69, 9.17) is 37.4 Å². The quantitative estimate of drug-likeness (QED) is 0.809. The Balaban J connectivity index is 1.73. The van der Waals surface area contributed by atoms with Crippen molar-refractivity contribution in [1.29, 1.82) is 0 Å². The number of hydrogen-bond donors (Lipinski definition) is 0. The van der Waals surface area contributed by atoms with E-state index in [9.17, 15) is 4.79 Å². The van der Waals surface area contributed by atoms with Crippen LogP contribution in [-0.4, -0.2) is 54.6 Å². The molecule has 1 amide bonds. The second-order valence-electron chi connectivity index (χ2n) is 5.20. The first-order chi connectivity index (χ1) is 12.1. The molecule has 1 aliphatic rings. The number of nitrogens with zero attached hydrogens (tertiary/aromatic N) is 3. The van der Waals surface area contributed by atoms with Gasteiger partial charge in [-0.25, -0.2) is 4.79 Å². The largest absolute Gasteiger partial charge is 0.494 e. The molecule has 0 saturated carbocycles. The zero-order valence-electron chi connectivity index (χ0n) is 13.4. The van der Waals surface area contributed by atoms with Crippen molar-refractivity contribution in [3.8, 4) is 22.9 Å². The van der Waals surface area contributed by atoms with Gasteiger partial charge in [-0.15, -0.1) is 10.2 Å². The van der Waals surface area contributed by atoms with E-state index >= 15 is 0 Å². The first kappa shape index (κ1) is 17.7. The molecule has 9 heteroatoms. The van der Waals surface area contributed by atoms with Gasteiger partial charge in [0.25, 0.3) is 0 Å². The molecule has 0 aliphatic carbocycles. The van der Waals surface area contributed by atoms with Crippen LogP contribution < -0.4 is 9.47 Å². The van der Waals surface area contributed by atoms with Crippen molar-refractivity contribution < 1.29 is 19.0 Å². The van der Waals surface area contributed by atoms with Crippen molar-refractivity contribution in [2.75, 3.05) is 33.4 Å². The van der Waals surface area contributed by atoms with Crippen LogP contribution in [-0.2, 0) is 4.74 Å². The van der Waals surface area contributed by atoms with Gasteiger partial charge in [0.05, 0.1) is 36.1 Å². The Morgan fingerprint density at radius 3 is 2.40 bits per heavy atom. The van der Waals surface area contributed by atoms with E-state index in [0.29, 0.717) is 53.4 Å². The molecule has 1 aromatic carbocycles. The van der Waals surface area contributed by atoms with Gasteiger partial charge in [0.1, 0.15) is 0 Å². The molecule has 1 aromatic heterocycles. The molecule has 0 N–H and O–H groups in total. The third kappa shape index (κ3) is 4.12. The van der Waals surface area contributed by atoms with Crippen LogP contribution in [0.2, 0.25) is 10.0 Å². The van der Waals surface area contributed by atoms with Crippen molar-refractivity contribution in [2.24, 2.45) is 0 Å². The highest BCUT2D eigenvalue weighted by Gasteiger charge is 2.19. The maximum absolute atomic E-state index is 12.0. The lowest BCUT2D eigenvalue weighted by atomic mass is 10.1.